The highest BCUT2D eigenvalue weighted by atomic mass is 32.2. The first-order valence-corrected chi connectivity index (χ1v) is 10.6. The second-order valence-corrected chi connectivity index (χ2v) is 10.8. The van der Waals surface area contributed by atoms with E-state index in [1.165, 1.54) is 17.2 Å². The van der Waals surface area contributed by atoms with Crippen molar-refractivity contribution in [1.29, 1.82) is 0 Å². The number of thiocarbonyl (C=S) groups is 1. The summed E-state index contributed by atoms with van der Waals surface area (Å²) >= 11 is 6.57. The molecule has 0 radical (unpaired) electrons. The Bertz CT molecular complexity index is 607. The van der Waals surface area contributed by atoms with Crippen LogP contribution < -0.4 is 0 Å². The normalized spacial score (nSPS) is 31.4. The average molecular weight is 342 g/mol. The van der Waals surface area contributed by atoms with E-state index in [2.05, 4.69) is 0 Å². The Balaban J connectivity index is 1.92. The number of thioether (sulfide) groups is 1. The lowest BCUT2D eigenvalue weighted by Gasteiger charge is -2.26. The molecule has 2 aliphatic rings. The highest BCUT2D eigenvalue weighted by Crippen LogP contribution is 2.26. The van der Waals surface area contributed by atoms with Crippen LogP contribution in [0.2, 0.25) is 0 Å². The van der Waals surface area contributed by atoms with Crippen molar-refractivity contribution in [3.8, 4) is 0 Å². The van der Waals surface area contributed by atoms with Crippen LogP contribution in [0.25, 0.3) is 0 Å². The summed E-state index contributed by atoms with van der Waals surface area (Å²) in [5.41, 5.74) is 0. The summed E-state index contributed by atoms with van der Waals surface area (Å²) in [5.74, 6) is 0.393. The van der Waals surface area contributed by atoms with Crippen molar-refractivity contribution in [3.05, 3.63) is 11.5 Å². The van der Waals surface area contributed by atoms with Gasteiger partial charge in [-0.15, -0.1) is 0 Å². The third-order valence-electron chi connectivity index (χ3n) is 3.19. The monoisotopic (exact) mass is 341 g/mol. The van der Waals surface area contributed by atoms with Crippen LogP contribution in [-0.2, 0) is 19.7 Å². The Labute approximate surface area is 123 Å². The van der Waals surface area contributed by atoms with Gasteiger partial charge in [0.15, 0.2) is 19.7 Å². The summed E-state index contributed by atoms with van der Waals surface area (Å²) in [4.78, 5) is 1.78. The molecule has 0 aliphatic carbocycles. The average Bonchev–Trinajstić information content (AvgIpc) is 2.80. The molecule has 1 fully saturated rings. The SMILES string of the molecule is CN(C(=S)S[C@H]1C=CS(=O)(=O)C1)[C@H]1CCS(=O)(=O)C1. The molecule has 0 aromatic carbocycles. The molecule has 0 spiro atoms. The molecule has 2 heterocycles. The van der Waals surface area contributed by atoms with Gasteiger partial charge in [0.1, 0.15) is 4.32 Å². The van der Waals surface area contributed by atoms with Crippen LogP contribution in [-0.4, -0.2) is 61.7 Å². The molecule has 0 saturated carbocycles. The number of rotatable bonds is 2. The zero-order valence-corrected chi connectivity index (χ0v) is 13.6. The van der Waals surface area contributed by atoms with E-state index >= 15 is 0 Å². The van der Waals surface area contributed by atoms with Crippen LogP contribution in [0.4, 0.5) is 0 Å². The molecule has 19 heavy (non-hydrogen) atoms. The first-order valence-electron chi connectivity index (χ1n) is 5.73. The number of hydrogen-bond donors (Lipinski definition) is 0. The number of sulfone groups is 2. The van der Waals surface area contributed by atoms with E-state index in [1.54, 1.807) is 18.0 Å². The van der Waals surface area contributed by atoms with E-state index in [9.17, 15) is 16.8 Å². The number of nitrogens with zero attached hydrogens (tertiary/aromatic N) is 1. The number of hydrogen-bond acceptors (Lipinski definition) is 6. The van der Waals surface area contributed by atoms with E-state index < -0.39 is 19.7 Å². The summed E-state index contributed by atoms with van der Waals surface area (Å²) in [7, 11) is -4.25. The lowest BCUT2D eigenvalue weighted by atomic mass is 10.2. The Kier molecular flexibility index (Phi) is 4.29. The molecule has 2 rings (SSSR count). The smallest absolute Gasteiger partial charge is 0.172 e. The molecule has 2 aliphatic heterocycles. The molecule has 0 N–H and O–H groups in total. The molecule has 0 bridgehead atoms. The van der Waals surface area contributed by atoms with Crippen molar-refractivity contribution in [2.24, 2.45) is 0 Å². The fraction of sp³-hybridized carbons (Fsp3) is 0.700. The van der Waals surface area contributed by atoms with Gasteiger partial charge in [-0.25, -0.2) is 16.8 Å². The topological polar surface area (TPSA) is 71.5 Å². The second-order valence-electron chi connectivity index (χ2n) is 4.75. The van der Waals surface area contributed by atoms with Crippen molar-refractivity contribution in [1.82, 2.24) is 4.90 Å². The van der Waals surface area contributed by atoms with Gasteiger partial charge in [-0.05, 0) is 6.42 Å². The highest BCUT2D eigenvalue weighted by molar-refractivity contribution is 8.23. The molecule has 2 atom stereocenters. The van der Waals surface area contributed by atoms with Crippen molar-refractivity contribution >= 4 is 48.0 Å². The summed E-state index contributed by atoms with van der Waals surface area (Å²) < 4.78 is 46.0. The Hall–Kier alpha value is -0.120. The third kappa shape index (κ3) is 3.93. The fourth-order valence-electron chi connectivity index (χ4n) is 2.06. The maximum atomic E-state index is 11.4. The van der Waals surface area contributed by atoms with Crippen LogP contribution in [0.15, 0.2) is 11.5 Å². The van der Waals surface area contributed by atoms with Crippen LogP contribution in [0.3, 0.4) is 0 Å². The maximum Gasteiger partial charge on any atom is 0.172 e. The highest BCUT2D eigenvalue weighted by Gasteiger charge is 2.33. The minimum absolute atomic E-state index is 0.0641. The van der Waals surface area contributed by atoms with Gasteiger partial charge >= 0.3 is 0 Å². The standard InChI is InChI=1S/C10H15NO4S4/c1-11(8-2-4-18(12,13)6-8)10(16)17-9-3-5-19(14,15)7-9/h3,5,8-9H,2,4,6-7H2,1H3/t8-,9-/m0/s1. The first-order chi connectivity index (χ1) is 8.69. The molecule has 5 nitrogen and oxygen atoms in total. The van der Waals surface area contributed by atoms with Crippen LogP contribution >= 0.6 is 24.0 Å². The molecular weight excluding hydrogens is 326 g/mol. The van der Waals surface area contributed by atoms with Crippen LogP contribution in [0, 0.1) is 0 Å². The van der Waals surface area contributed by atoms with Gasteiger partial charge in [-0.2, -0.15) is 0 Å². The first kappa shape index (κ1) is 15.3. The molecule has 9 heteroatoms. The largest absolute Gasteiger partial charge is 0.357 e. The molecule has 108 valence electrons. The third-order valence-corrected chi connectivity index (χ3v) is 8.24. The van der Waals surface area contributed by atoms with E-state index in [4.69, 9.17) is 12.2 Å². The lowest BCUT2D eigenvalue weighted by molar-refractivity contribution is 0.409. The van der Waals surface area contributed by atoms with Gasteiger partial charge in [-0.3, -0.25) is 0 Å². The van der Waals surface area contributed by atoms with E-state index in [1.807, 2.05) is 0 Å². The lowest BCUT2D eigenvalue weighted by Crippen LogP contribution is -2.36. The van der Waals surface area contributed by atoms with Gasteiger partial charge in [0.25, 0.3) is 0 Å². The van der Waals surface area contributed by atoms with Gasteiger partial charge < -0.3 is 4.90 Å². The fourth-order valence-corrected chi connectivity index (χ4v) is 7.14. The van der Waals surface area contributed by atoms with Crippen LogP contribution in [0.5, 0.6) is 0 Å². The zero-order valence-electron chi connectivity index (χ0n) is 10.4. The Morgan fingerprint density at radius 1 is 1.32 bits per heavy atom. The maximum absolute atomic E-state index is 11.4. The van der Waals surface area contributed by atoms with Crippen molar-refractivity contribution in [3.63, 3.8) is 0 Å². The van der Waals surface area contributed by atoms with Crippen molar-refractivity contribution in [2.45, 2.75) is 17.7 Å². The van der Waals surface area contributed by atoms with Crippen molar-refractivity contribution in [2.75, 3.05) is 24.3 Å². The van der Waals surface area contributed by atoms with Gasteiger partial charge in [0.2, 0.25) is 0 Å². The quantitative estimate of drug-likeness (QED) is 0.675. The summed E-state index contributed by atoms with van der Waals surface area (Å²) in [5, 5.41) is 1.05. The Morgan fingerprint density at radius 3 is 2.47 bits per heavy atom. The Morgan fingerprint density at radius 2 is 2.00 bits per heavy atom. The van der Waals surface area contributed by atoms with E-state index in [0.29, 0.717) is 10.7 Å². The summed E-state index contributed by atoms with van der Waals surface area (Å²) in [6.45, 7) is 0. The summed E-state index contributed by atoms with van der Waals surface area (Å²) in [6, 6.07) is -0.0908. The van der Waals surface area contributed by atoms with Gasteiger partial charge in [-0.1, -0.05) is 30.1 Å². The minimum Gasteiger partial charge on any atom is -0.357 e. The van der Waals surface area contributed by atoms with Gasteiger partial charge in [0, 0.05) is 23.7 Å². The molecule has 1 saturated heterocycles. The second kappa shape index (κ2) is 5.34. The van der Waals surface area contributed by atoms with Crippen molar-refractivity contribution < 1.29 is 16.8 Å². The van der Waals surface area contributed by atoms with Crippen LogP contribution in [0.1, 0.15) is 6.42 Å². The molecular formula is C10H15NO4S4. The summed E-state index contributed by atoms with van der Waals surface area (Å²) in [6.07, 6.45) is 2.21. The van der Waals surface area contributed by atoms with E-state index in [0.717, 1.165) is 0 Å². The predicted molar refractivity (Wildman–Crippen MR) is 81.7 cm³/mol. The predicted octanol–water partition coefficient (Wildman–Crippen LogP) is 0.434. The van der Waals surface area contributed by atoms with E-state index in [-0.39, 0.29) is 28.6 Å². The molecule has 0 amide bonds. The molecule has 0 unspecified atom stereocenters. The minimum atomic E-state index is -3.08. The molecule has 0 aromatic heterocycles. The zero-order chi connectivity index (χ0) is 14.3. The van der Waals surface area contributed by atoms with Gasteiger partial charge in [0.05, 0.1) is 17.3 Å². The molecule has 0 aromatic rings.